The summed E-state index contributed by atoms with van der Waals surface area (Å²) in [7, 11) is 0. The lowest BCUT2D eigenvalue weighted by molar-refractivity contribution is -0.156. The van der Waals surface area contributed by atoms with Crippen LogP contribution in [0.15, 0.2) is 84.9 Å². The van der Waals surface area contributed by atoms with Gasteiger partial charge in [-0.2, -0.15) is 0 Å². The molecule has 0 saturated carbocycles. The third-order valence-corrected chi connectivity index (χ3v) is 5.94. The number of rotatable bonds is 15. The molecule has 0 fully saturated rings. The molecule has 3 N–H and O–H groups in total. The lowest BCUT2D eigenvalue weighted by atomic mass is 10.1. The molecule has 0 bridgehead atoms. The first-order chi connectivity index (χ1) is 19.8. The number of hydrogen-bond acceptors (Lipinski definition) is 8. The zero-order valence-corrected chi connectivity index (χ0v) is 22.8. The predicted molar refractivity (Wildman–Crippen MR) is 149 cm³/mol. The fraction of sp³-hybridized carbons (Fsp3) is 0.290. The van der Waals surface area contributed by atoms with Crippen molar-refractivity contribution in [2.75, 3.05) is 13.2 Å². The summed E-state index contributed by atoms with van der Waals surface area (Å²) in [4.78, 5) is 50.3. The van der Waals surface area contributed by atoms with Crippen molar-refractivity contribution in [1.82, 2.24) is 10.6 Å². The van der Waals surface area contributed by atoms with Crippen molar-refractivity contribution in [3.63, 3.8) is 0 Å². The van der Waals surface area contributed by atoms with E-state index >= 15 is 0 Å². The molecule has 2 amide bonds. The average molecular weight is 563 g/mol. The van der Waals surface area contributed by atoms with E-state index in [9.17, 15) is 24.3 Å². The van der Waals surface area contributed by atoms with Crippen LogP contribution in [0.3, 0.4) is 0 Å². The van der Waals surface area contributed by atoms with Gasteiger partial charge >= 0.3 is 11.9 Å². The Hall–Kier alpha value is -4.70. The molecular formula is C31H34N2O8. The second kappa shape index (κ2) is 16.4. The van der Waals surface area contributed by atoms with Crippen LogP contribution in [0, 0.1) is 0 Å². The van der Waals surface area contributed by atoms with E-state index in [4.69, 9.17) is 14.2 Å². The second-order valence-corrected chi connectivity index (χ2v) is 9.18. The number of carbonyl (C=O) groups is 4. The van der Waals surface area contributed by atoms with Gasteiger partial charge in [-0.1, -0.05) is 72.8 Å². The smallest absolute Gasteiger partial charge is 0.332 e. The van der Waals surface area contributed by atoms with Crippen molar-refractivity contribution in [3.8, 4) is 5.75 Å². The maximum absolute atomic E-state index is 13.0. The van der Waals surface area contributed by atoms with Gasteiger partial charge in [0, 0.05) is 13.0 Å². The Kier molecular flexibility index (Phi) is 12.3. The normalized spacial score (nSPS) is 12.0. The van der Waals surface area contributed by atoms with Gasteiger partial charge in [0.25, 0.3) is 5.91 Å². The van der Waals surface area contributed by atoms with Gasteiger partial charge in [-0.25, -0.2) is 4.79 Å². The molecule has 41 heavy (non-hydrogen) atoms. The Morgan fingerprint density at radius 1 is 0.805 bits per heavy atom. The van der Waals surface area contributed by atoms with Gasteiger partial charge in [0.15, 0.2) is 0 Å². The molecule has 0 aromatic heterocycles. The molecule has 0 saturated heterocycles. The summed E-state index contributed by atoms with van der Waals surface area (Å²) in [5, 5.41) is 15.2. The molecule has 3 aromatic rings. The maximum Gasteiger partial charge on any atom is 0.332 e. The topological polar surface area (TPSA) is 140 Å². The summed E-state index contributed by atoms with van der Waals surface area (Å²) in [5.74, 6) is -2.75. The summed E-state index contributed by atoms with van der Waals surface area (Å²) in [6.07, 6.45) is -0.708. The standard InChI is InChI=1S/C31H34N2O8/c1-22(41-28(36)21-39-19-23-11-4-2-5-12-23)29(33-30(37)25-15-8-9-16-26(25)34)31(38)32-18-10-17-27(35)40-20-24-13-6-3-7-14-24/h2-9,11-16,22,29,34H,10,17-21H2,1H3,(H,32,38)(H,33,37)/t22-,29+/m1/s1. The lowest BCUT2D eigenvalue weighted by Crippen LogP contribution is -2.53. The molecule has 0 spiro atoms. The zero-order chi connectivity index (χ0) is 29.5. The molecule has 10 nitrogen and oxygen atoms in total. The van der Waals surface area contributed by atoms with Crippen molar-refractivity contribution in [2.24, 2.45) is 0 Å². The third-order valence-electron chi connectivity index (χ3n) is 5.94. The quantitative estimate of drug-likeness (QED) is 0.189. The van der Waals surface area contributed by atoms with Crippen LogP contribution < -0.4 is 10.6 Å². The number of esters is 2. The SMILES string of the molecule is C[C@@H](OC(=O)COCc1ccccc1)[C@H](NC(=O)c1ccccc1O)C(=O)NCCCC(=O)OCc1ccccc1. The van der Waals surface area contributed by atoms with Gasteiger partial charge in [-0.05, 0) is 36.6 Å². The monoisotopic (exact) mass is 562 g/mol. The van der Waals surface area contributed by atoms with Crippen molar-refractivity contribution >= 4 is 23.8 Å². The Bertz CT molecular complexity index is 1280. The van der Waals surface area contributed by atoms with Crippen molar-refractivity contribution in [3.05, 3.63) is 102 Å². The summed E-state index contributed by atoms with van der Waals surface area (Å²) >= 11 is 0. The van der Waals surface area contributed by atoms with Gasteiger partial charge in [0.1, 0.15) is 31.1 Å². The number of para-hydroxylation sites is 1. The Labute approximate surface area is 238 Å². The van der Waals surface area contributed by atoms with Crippen LogP contribution in [-0.4, -0.2) is 54.2 Å². The van der Waals surface area contributed by atoms with E-state index < -0.39 is 35.9 Å². The first kappa shape index (κ1) is 30.8. The number of benzene rings is 3. The molecule has 3 aromatic carbocycles. The Morgan fingerprint density at radius 3 is 2.07 bits per heavy atom. The summed E-state index contributed by atoms with van der Waals surface area (Å²) in [6.45, 7) is 1.58. The molecular weight excluding hydrogens is 528 g/mol. The minimum Gasteiger partial charge on any atom is -0.507 e. The number of nitrogens with one attached hydrogen (secondary N) is 2. The highest BCUT2D eigenvalue weighted by molar-refractivity contribution is 5.99. The zero-order valence-electron chi connectivity index (χ0n) is 22.8. The van der Waals surface area contributed by atoms with Crippen LogP contribution in [0.1, 0.15) is 41.3 Å². The molecule has 0 aliphatic rings. The molecule has 216 valence electrons. The average Bonchev–Trinajstić information content (AvgIpc) is 2.98. The molecule has 0 radical (unpaired) electrons. The van der Waals surface area contributed by atoms with Crippen molar-refractivity contribution in [2.45, 2.75) is 45.1 Å². The highest BCUT2D eigenvalue weighted by atomic mass is 16.6. The number of amides is 2. The van der Waals surface area contributed by atoms with E-state index in [0.717, 1.165) is 11.1 Å². The number of phenolic OH excluding ortho intramolecular Hbond substituents is 1. The number of hydrogen-bond donors (Lipinski definition) is 3. The van der Waals surface area contributed by atoms with Crippen molar-refractivity contribution in [1.29, 1.82) is 0 Å². The van der Waals surface area contributed by atoms with Crippen LogP contribution in [0.4, 0.5) is 0 Å². The first-order valence-electron chi connectivity index (χ1n) is 13.2. The third kappa shape index (κ3) is 10.8. The van der Waals surface area contributed by atoms with E-state index in [1.54, 1.807) is 12.1 Å². The second-order valence-electron chi connectivity index (χ2n) is 9.18. The number of aromatic hydroxyl groups is 1. The lowest BCUT2D eigenvalue weighted by Gasteiger charge is -2.24. The summed E-state index contributed by atoms with van der Waals surface area (Å²) in [5.41, 5.74) is 1.70. The minimum absolute atomic E-state index is 0.0452. The highest BCUT2D eigenvalue weighted by Crippen LogP contribution is 2.16. The Balaban J connectivity index is 1.52. The fourth-order valence-electron chi connectivity index (χ4n) is 3.78. The van der Waals surface area contributed by atoms with E-state index in [1.807, 2.05) is 60.7 Å². The molecule has 0 aliphatic heterocycles. The van der Waals surface area contributed by atoms with Crippen molar-refractivity contribution < 1.29 is 38.5 Å². The molecule has 0 unspecified atom stereocenters. The maximum atomic E-state index is 13.0. The molecule has 0 heterocycles. The molecule has 3 rings (SSSR count). The van der Waals surface area contributed by atoms with Crippen LogP contribution >= 0.6 is 0 Å². The van der Waals surface area contributed by atoms with Crippen LogP contribution in [0.2, 0.25) is 0 Å². The number of phenols is 1. The highest BCUT2D eigenvalue weighted by Gasteiger charge is 2.30. The molecule has 0 aliphatic carbocycles. The van der Waals surface area contributed by atoms with E-state index in [0.29, 0.717) is 6.42 Å². The van der Waals surface area contributed by atoms with Crippen LogP contribution in [0.25, 0.3) is 0 Å². The largest absolute Gasteiger partial charge is 0.507 e. The van der Waals surface area contributed by atoms with Gasteiger partial charge in [-0.15, -0.1) is 0 Å². The van der Waals surface area contributed by atoms with Gasteiger partial charge < -0.3 is 30.0 Å². The summed E-state index contributed by atoms with van der Waals surface area (Å²) < 4.78 is 16.0. The van der Waals surface area contributed by atoms with Crippen LogP contribution in [0.5, 0.6) is 5.75 Å². The molecule has 2 atom stereocenters. The number of carbonyl (C=O) groups excluding carboxylic acids is 4. The van der Waals surface area contributed by atoms with Crippen LogP contribution in [-0.2, 0) is 41.8 Å². The molecule has 10 heteroatoms. The van der Waals surface area contributed by atoms with E-state index in [-0.39, 0.29) is 44.1 Å². The van der Waals surface area contributed by atoms with E-state index in [2.05, 4.69) is 10.6 Å². The minimum atomic E-state index is -1.29. The predicted octanol–water partition coefficient (Wildman–Crippen LogP) is 3.28. The fourth-order valence-corrected chi connectivity index (χ4v) is 3.78. The van der Waals surface area contributed by atoms with Gasteiger partial charge in [0.05, 0.1) is 12.2 Å². The summed E-state index contributed by atoms with van der Waals surface area (Å²) in [6, 6.07) is 23.1. The Morgan fingerprint density at radius 2 is 1.41 bits per heavy atom. The van der Waals surface area contributed by atoms with E-state index in [1.165, 1.54) is 19.1 Å². The van der Waals surface area contributed by atoms with Gasteiger partial charge in [-0.3, -0.25) is 14.4 Å². The first-order valence-corrected chi connectivity index (χ1v) is 13.2. The van der Waals surface area contributed by atoms with Gasteiger partial charge in [0.2, 0.25) is 5.91 Å². The number of ether oxygens (including phenoxy) is 3.